The number of carboxylic acid groups (broad SMARTS) is 1. The van der Waals surface area contributed by atoms with Gasteiger partial charge in [-0.2, -0.15) is 0 Å². The Bertz CT molecular complexity index is 492. The van der Waals surface area contributed by atoms with Crippen molar-refractivity contribution in [2.45, 2.75) is 25.7 Å². The zero-order valence-electron chi connectivity index (χ0n) is 10.8. The third-order valence-electron chi connectivity index (χ3n) is 3.44. The average molecular weight is 263 g/mol. The van der Waals surface area contributed by atoms with E-state index in [1.807, 2.05) is 0 Å². The number of hydrogen-bond donors (Lipinski definition) is 2. The molecule has 1 fully saturated rings. The van der Waals surface area contributed by atoms with Gasteiger partial charge in [-0.25, -0.2) is 4.79 Å². The first-order valence-corrected chi connectivity index (χ1v) is 6.34. The molecule has 5 heteroatoms. The Morgan fingerprint density at radius 3 is 2.58 bits per heavy atom. The lowest BCUT2D eigenvalue weighted by molar-refractivity contribution is -0.119. The van der Waals surface area contributed by atoms with Crippen LogP contribution in [0.2, 0.25) is 0 Å². The summed E-state index contributed by atoms with van der Waals surface area (Å²) in [5.74, 6) is -0.717. The van der Waals surface area contributed by atoms with E-state index in [1.54, 1.807) is 12.1 Å². The molecule has 1 saturated carbocycles. The summed E-state index contributed by atoms with van der Waals surface area (Å²) in [6.07, 6.45) is 3.88. The minimum absolute atomic E-state index is 0.00347. The van der Waals surface area contributed by atoms with Gasteiger partial charge in [0.15, 0.2) is 0 Å². The molecule has 0 aliphatic heterocycles. The number of carboxylic acids is 1. The predicted molar refractivity (Wildman–Crippen MR) is 70.5 cm³/mol. The monoisotopic (exact) mass is 263 g/mol. The first-order chi connectivity index (χ1) is 9.11. The highest BCUT2D eigenvalue weighted by Gasteiger charge is 2.24. The van der Waals surface area contributed by atoms with Gasteiger partial charge in [0.05, 0.1) is 18.4 Å². The first-order valence-electron chi connectivity index (χ1n) is 6.34. The van der Waals surface area contributed by atoms with E-state index in [4.69, 9.17) is 9.84 Å². The number of aromatic carboxylic acids is 1. The van der Waals surface area contributed by atoms with Crippen molar-refractivity contribution in [2.24, 2.45) is 5.92 Å². The van der Waals surface area contributed by atoms with E-state index >= 15 is 0 Å². The van der Waals surface area contributed by atoms with Crippen LogP contribution in [0, 0.1) is 5.92 Å². The van der Waals surface area contributed by atoms with Crippen LogP contribution in [0.1, 0.15) is 36.0 Å². The Labute approximate surface area is 111 Å². The van der Waals surface area contributed by atoms with Gasteiger partial charge in [-0.05, 0) is 31.0 Å². The van der Waals surface area contributed by atoms with E-state index in [2.05, 4.69) is 5.32 Å². The zero-order valence-corrected chi connectivity index (χ0v) is 10.8. The minimum atomic E-state index is -1.08. The highest BCUT2D eigenvalue weighted by Crippen LogP contribution is 2.28. The molecule has 0 atom stereocenters. The molecule has 5 nitrogen and oxygen atoms in total. The van der Waals surface area contributed by atoms with Crippen molar-refractivity contribution < 1.29 is 19.4 Å². The minimum Gasteiger partial charge on any atom is -0.497 e. The molecule has 1 aromatic carbocycles. The van der Waals surface area contributed by atoms with Crippen molar-refractivity contribution in [1.29, 1.82) is 0 Å². The second kappa shape index (κ2) is 5.73. The van der Waals surface area contributed by atoms with Crippen LogP contribution in [0.15, 0.2) is 18.2 Å². The summed E-state index contributed by atoms with van der Waals surface area (Å²) in [5.41, 5.74) is 0.371. The number of methoxy groups -OCH3 is 1. The molecule has 19 heavy (non-hydrogen) atoms. The number of anilines is 1. The van der Waals surface area contributed by atoms with Crippen molar-refractivity contribution in [1.82, 2.24) is 0 Å². The Morgan fingerprint density at radius 1 is 1.32 bits per heavy atom. The van der Waals surface area contributed by atoms with Crippen LogP contribution in [0.3, 0.4) is 0 Å². The summed E-state index contributed by atoms with van der Waals surface area (Å²) in [4.78, 5) is 23.2. The summed E-state index contributed by atoms with van der Waals surface area (Å²) in [6, 6.07) is 4.61. The largest absolute Gasteiger partial charge is 0.497 e. The fourth-order valence-electron chi connectivity index (χ4n) is 2.36. The van der Waals surface area contributed by atoms with Gasteiger partial charge in [-0.3, -0.25) is 4.79 Å². The maximum atomic E-state index is 12.0. The maximum absolute atomic E-state index is 12.0. The van der Waals surface area contributed by atoms with E-state index in [-0.39, 0.29) is 17.4 Å². The molecule has 2 N–H and O–H groups in total. The van der Waals surface area contributed by atoms with Gasteiger partial charge in [0.1, 0.15) is 5.75 Å². The number of amides is 1. The van der Waals surface area contributed by atoms with Crippen molar-refractivity contribution in [3.05, 3.63) is 23.8 Å². The number of rotatable bonds is 4. The molecule has 0 unspecified atom stereocenters. The topological polar surface area (TPSA) is 75.6 Å². The third kappa shape index (κ3) is 3.05. The van der Waals surface area contributed by atoms with Gasteiger partial charge in [-0.15, -0.1) is 0 Å². The molecule has 0 radical (unpaired) electrons. The van der Waals surface area contributed by atoms with Crippen LogP contribution in [0.4, 0.5) is 5.69 Å². The summed E-state index contributed by atoms with van der Waals surface area (Å²) in [5, 5.41) is 11.9. The number of ether oxygens (including phenoxy) is 1. The molecule has 2 rings (SSSR count). The van der Waals surface area contributed by atoms with Crippen LogP contribution in [-0.2, 0) is 4.79 Å². The quantitative estimate of drug-likeness (QED) is 0.875. The highest BCUT2D eigenvalue weighted by molar-refractivity contribution is 6.01. The zero-order chi connectivity index (χ0) is 13.8. The molecular weight excluding hydrogens is 246 g/mol. The normalized spacial score (nSPS) is 15.2. The number of benzene rings is 1. The van der Waals surface area contributed by atoms with Crippen LogP contribution in [0.25, 0.3) is 0 Å². The number of carbonyl (C=O) groups excluding carboxylic acids is 1. The van der Waals surface area contributed by atoms with Gasteiger partial charge in [-0.1, -0.05) is 12.8 Å². The van der Waals surface area contributed by atoms with Gasteiger partial charge < -0.3 is 15.2 Å². The molecule has 1 amide bonds. The van der Waals surface area contributed by atoms with Gasteiger partial charge in [0.2, 0.25) is 5.91 Å². The summed E-state index contributed by atoms with van der Waals surface area (Å²) < 4.78 is 4.99. The number of carbonyl (C=O) groups is 2. The van der Waals surface area contributed by atoms with Gasteiger partial charge in [0, 0.05) is 5.92 Å². The van der Waals surface area contributed by atoms with E-state index < -0.39 is 5.97 Å². The van der Waals surface area contributed by atoms with Crippen LogP contribution in [0.5, 0.6) is 5.75 Å². The standard InChI is InChI=1S/C14H17NO4/c1-19-10-6-7-12(11(8-10)14(17)18)15-13(16)9-4-2-3-5-9/h6-9H,2-5H2,1H3,(H,15,16)(H,17,18). The van der Waals surface area contributed by atoms with Crippen LogP contribution in [-0.4, -0.2) is 24.1 Å². The second-order valence-electron chi connectivity index (χ2n) is 4.69. The molecule has 1 aliphatic carbocycles. The first kappa shape index (κ1) is 13.4. The van der Waals surface area contributed by atoms with Crippen molar-refractivity contribution in [3.63, 3.8) is 0 Å². The van der Waals surface area contributed by atoms with E-state index in [0.29, 0.717) is 11.4 Å². The fraction of sp³-hybridized carbons (Fsp3) is 0.429. The molecule has 1 aliphatic rings. The van der Waals surface area contributed by atoms with E-state index in [1.165, 1.54) is 13.2 Å². The SMILES string of the molecule is COc1ccc(NC(=O)C2CCCC2)c(C(=O)O)c1. The van der Waals surface area contributed by atoms with Crippen LogP contribution >= 0.6 is 0 Å². The summed E-state index contributed by atoms with van der Waals surface area (Å²) in [7, 11) is 1.47. The number of nitrogens with one attached hydrogen (secondary N) is 1. The lowest BCUT2D eigenvalue weighted by atomic mass is 10.1. The molecule has 102 valence electrons. The lowest BCUT2D eigenvalue weighted by Gasteiger charge is -2.13. The molecule has 0 heterocycles. The van der Waals surface area contributed by atoms with E-state index in [0.717, 1.165) is 25.7 Å². The Kier molecular flexibility index (Phi) is 4.04. The van der Waals surface area contributed by atoms with Crippen molar-refractivity contribution in [3.8, 4) is 5.75 Å². The molecule has 1 aromatic rings. The Hall–Kier alpha value is -2.04. The molecule has 0 aromatic heterocycles. The smallest absolute Gasteiger partial charge is 0.337 e. The predicted octanol–water partition coefficient (Wildman–Crippen LogP) is 2.52. The summed E-state index contributed by atoms with van der Waals surface area (Å²) in [6.45, 7) is 0. The fourth-order valence-corrected chi connectivity index (χ4v) is 2.36. The maximum Gasteiger partial charge on any atom is 0.337 e. The Morgan fingerprint density at radius 2 is 2.00 bits per heavy atom. The number of hydrogen-bond acceptors (Lipinski definition) is 3. The highest BCUT2D eigenvalue weighted by atomic mass is 16.5. The molecular formula is C14H17NO4. The second-order valence-corrected chi connectivity index (χ2v) is 4.69. The van der Waals surface area contributed by atoms with Crippen molar-refractivity contribution >= 4 is 17.6 Å². The molecule has 0 saturated heterocycles. The third-order valence-corrected chi connectivity index (χ3v) is 3.44. The Balaban J connectivity index is 2.19. The molecule has 0 bridgehead atoms. The van der Waals surface area contributed by atoms with Gasteiger partial charge >= 0.3 is 5.97 Å². The van der Waals surface area contributed by atoms with Gasteiger partial charge in [0.25, 0.3) is 0 Å². The van der Waals surface area contributed by atoms with E-state index in [9.17, 15) is 9.59 Å². The van der Waals surface area contributed by atoms with Crippen molar-refractivity contribution in [2.75, 3.05) is 12.4 Å². The summed E-state index contributed by atoms with van der Waals surface area (Å²) >= 11 is 0. The average Bonchev–Trinajstić information content (AvgIpc) is 2.92. The van der Waals surface area contributed by atoms with Crippen LogP contribution < -0.4 is 10.1 Å². The molecule has 0 spiro atoms. The lowest BCUT2D eigenvalue weighted by Crippen LogP contribution is -2.21.